The molecule has 1 aromatic carbocycles. The molecule has 3 heterocycles. The lowest BCUT2D eigenvalue weighted by atomic mass is 10.1. The van der Waals surface area contributed by atoms with Crippen LogP contribution in [-0.4, -0.2) is 15.6 Å². The molecule has 142 valence electrons. The van der Waals surface area contributed by atoms with Crippen molar-refractivity contribution in [2.24, 2.45) is 0 Å². The molecule has 0 aliphatic heterocycles. The zero-order valence-electron chi connectivity index (χ0n) is 14.7. The Hall–Kier alpha value is -2.29. The minimum atomic E-state index is -0.263. The molecule has 0 aliphatic rings. The van der Waals surface area contributed by atoms with Crippen LogP contribution in [0.5, 0.6) is 0 Å². The van der Waals surface area contributed by atoms with E-state index in [4.69, 9.17) is 0 Å². The van der Waals surface area contributed by atoms with Crippen LogP contribution in [0.1, 0.15) is 17.7 Å². The van der Waals surface area contributed by atoms with Gasteiger partial charge in [0.2, 0.25) is 5.91 Å². The Kier molecular flexibility index (Phi) is 5.70. The Morgan fingerprint density at radius 2 is 2.00 bits per heavy atom. The highest BCUT2D eigenvalue weighted by molar-refractivity contribution is 9.11. The molecule has 3 aromatic heterocycles. The number of halogens is 1. The van der Waals surface area contributed by atoms with Gasteiger partial charge in [-0.25, -0.2) is 9.66 Å². The first kappa shape index (κ1) is 19.0. The molecule has 0 radical (unpaired) electrons. The Bertz CT molecular complexity index is 1180. The monoisotopic (exact) mass is 473 g/mol. The van der Waals surface area contributed by atoms with E-state index in [9.17, 15) is 9.59 Å². The largest absolute Gasteiger partial charge is 0.281 e. The highest BCUT2D eigenvalue weighted by Gasteiger charge is 2.14. The fourth-order valence-electron chi connectivity index (χ4n) is 2.94. The van der Waals surface area contributed by atoms with Crippen molar-refractivity contribution >= 4 is 54.7 Å². The van der Waals surface area contributed by atoms with E-state index in [1.807, 2.05) is 41.8 Å². The van der Waals surface area contributed by atoms with Crippen LogP contribution in [-0.2, 0) is 11.2 Å². The molecule has 0 saturated carbocycles. The maximum Gasteiger partial charge on any atom is 0.281 e. The van der Waals surface area contributed by atoms with E-state index in [1.165, 1.54) is 27.2 Å². The molecule has 1 N–H and O–H groups in total. The smallest absolute Gasteiger partial charge is 0.273 e. The van der Waals surface area contributed by atoms with Gasteiger partial charge in [0, 0.05) is 22.2 Å². The SMILES string of the molecule is O=C(CCCc1ccc(Br)s1)Nn1cnc2scc(-c3ccccc3)c2c1=O. The molecule has 5 nitrogen and oxygen atoms in total. The van der Waals surface area contributed by atoms with E-state index in [-0.39, 0.29) is 11.5 Å². The van der Waals surface area contributed by atoms with Crippen molar-refractivity contribution in [1.82, 2.24) is 9.66 Å². The maximum atomic E-state index is 12.9. The number of carbonyl (C=O) groups excluding carboxylic acids is 1. The minimum Gasteiger partial charge on any atom is -0.273 e. The molecule has 0 spiro atoms. The number of rotatable bonds is 6. The first-order valence-electron chi connectivity index (χ1n) is 8.70. The van der Waals surface area contributed by atoms with E-state index in [1.54, 1.807) is 11.3 Å². The molecule has 4 rings (SSSR count). The molecule has 28 heavy (non-hydrogen) atoms. The summed E-state index contributed by atoms with van der Waals surface area (Å²) in [6.45, 7) is 0. The summed E-state index contributed by atoms with van der Waals surface area (Å²) < 4.78 is 2.27. The lowest BCUT2D eigenvalue weighted by Gasteiger charge is -2.08. The van der Waals surface area contributed by atoms with Crippen molar-refractivity contribution in [2.45, 2.75) is 19.3 Å². The predicted molar refractivity (Wildman–Crippen MR) is 119 cm³/mol. The van der Waals surface area contributed by atoms with Crippen LogP contribution in [0.2, 0.25) is 0 Å². The van der Waals surface area contributed by atoms with Gasteiger partial charge in [-0.1, -0.05) is 30.3 Å². The summed E-state index contributed by atoms with van der Waals surface area (Å²) >= 11 is 6.53. The molecule has 1 amide bonds. The van der Waals surface area contributed by atoms with Crippen molar-refractivity contribution in [3.63, 3.8) is 0 Å². The molecule has 0 saturated heterocycles. The molecule has 0 unspecified atom stereocenters. The summed E-state index contributed by atoms with van der Waals surface area (Å²) in [5, 5.41) is 2.46. The normalized spacial score (nSPS) is 11.0. The van der Waals surface area contributed by atoms with Crippen LogP contribution in [0.3, 0.4) is 0 Å². The van der Waals surface area contributed by atoms with Gasteiger partial charge in [-0.3, -0.25) is 15.0 Å². The number of fused-ring (bicyclic) bond motifs is 1. The number of aryl methyl sites for hydroxylation is 1. The third-order valence-corrected chi connectivity index (χ3v) is 6.85. The lowest BCUT2D eigenvalue weighted by molar-refractivity contribution is -0.117. The van der Waals surface area contributed by atoms with Gasteiger partial charge in [0.1, 0.15) is 11.2 Å². The second-order valence-corrected chi connectivity index (χ2v) is 9.62. The van der Waals surface area contributed by atoms with Crippen LogP contribution < -0.4 is 11.0 Å². The molecular formula is C20H16BrN3O2S2. The summed E-state index contributed by atoms with van der Waals surface area (Å²) in [6, 6.07) is 13.8. The molecular weight excluding hydrogens is 458 g/mol. The molecule has 0 aliphatic carbocycles. The Labute approximate surface area is 177 Å². The van der Waals surface area contributed by atoms with Gasteiger partial charge in [0.25, 0.3) is 5.56 Å². The molecule has 8 heteroatoms. The van der Waals surface area contributed by atoms with Crippen molar-refractivity contribution in [1.29, 1.82) is 0 Å². The van der Waals surface area contributed by atoms with Gasteiger partial charge in [-0.15, -0.1) is 22.7 Å². The Balaban J connectivity index is 1.50. The number of nitrogens with one attached hydrogen (secondary N) is 1. The van der Waals surface area contributed by atoms with Gasteiger partial charge < -0.3 is 0 Å². The van der Waals surface area contributed by atoms with Gasteiger partial charge in [-0.2, -0.15) is 0 Å². The second kappa shape index (κ2) is 8.38. The van der Waals surface area contributed by atoms with Crippen molar-refractivity contribution in [3.05, 3.63) is 73.2 Å². The van der Waals surface area contributed by atoms with Crippen molar-refractivity contribution in [3.8, 4) is 11.1 Å². The third-order valence-electron chi connectivity index (χ3n) is 4.28. The highest BCUT2D eigenvalue weighted by atomic mass is 79.9. The number of nitrogens with zero attached hydrogens (tertiary/aromatic N) is 2. The Morgan fingerprint density at radius 3 is 2.75 bits per heavy atom. The summed E-state index contributed by atoms with van der Waals surface area (Å²) in [4.78, 5) is 31.4. The van der Waals surface area contributed by atoms with E-state index in [2.05, 4.69) is 32.4 Å². The van der Waals surface area contributed by atoms with Gasteiger partial charge in [-0.05, 0) is 46.5 Å². The third kappa shape index (κ3) is 4.09. The maximum absolute atomic E-state index is 12.9. The molecule has 0 atom stereocenters. The van der Waals surface area contributed by atoms with E-state index < -0.39 is 0 Å². The summed E-state index contributed by atoms with van der Waals surface area (Å²) in [5.41, 5.74) is 4.20. The standard InChI is InChI=1S/C20H16BrN3O2S2/c21-16-10-9-14(28-16)7-4-8-17(25)23-24-12-22-19-18(20(24)26)15(11-27-19)13-5-2-1-3-6-13/h1-3,5-6,9-12H,4,7-8H2,(H,23,25). The van der Waals surface area contributed by atoms with Crippen LogP contribution in [0.25, 0.3) is 21.3 Å². The summed E-state index contributed by atoms with van der Waals surface area (Å²) in [5.74, 6) is -0.199. The average molecular weight is 474 g/mol. The number of hydrogen-bond acceptors (Lipinski definition) is 5. The topological polar surface area (TPSA) is 64.0 Å². The molecule has 0 bridgehead atoms. The number of hydrogen-bond donors (Lipinski definition) is 1. The average Bonchev–Trinajstić information content (AvgIpc) is 3.31. The number of carbonyl (C=O) groups is 1. The molecule has 4 aromatic rings. The summed E-state index contributed by atoms with van der Waals surface area (Å²) in [6.07, 6.45) is 3.27. The van der Waals surface area contributed by atoms with E-state index in [0.717, 1.165) is 27.8 Å². The molecule has 0 fully saturated rings. The van der Waals surface area contributed by atoms with Crippen LogP contribution in [0, 0.1) is 0 Å². The van der Waals surface area contributed by atoms with Crippen molar-refractivity contribution < 1.29 is 4.79 Å². The van der Waals surface area contributed by atoms with Crippen LogP contribution in [0.15, 0.2) is 62.8 Å². The number of amides is 1. The van der Waals surface area contributed by atoms with Gasteiger partial charge >= 0.3 is 0 Å². The predicted octanol–water partition coefficient (Wildman–Crippen LogP) is 5.04. The van der Waals surface area contributed by atoms with Crippen LogP contribution in [0.4, 0.5) is 0 Å². The zero-order chi connectivity index (χ0) is 19.5. The van der Waals surface area contributed by atoms with E-state index >= 15 is 0 Å². The fourth-order valence-corrected chi connectivity index (χ4v) is 5.37. The first-order chi connectivity index (χ1) is 13.6. The van der Waals surface area contributed by atoms with Crippen LogP contribution >= 0.6 is 38.6 Å². The van der Waals surface area contributed by atoms with Gasteiger partial charge in [0.05, 0.1) is 9.17 Å². The van der Waals surface area contributed by atoms with Crippen molar-refractivity contribution in [2.75, 3.05) is 5.43 Å². The summed E-state index contributed by atoms with van der Waals surface area (Å²) in [7, 11) is 0. The lowest BCUT2D eigenvalue weighted by Crippen LogP contribution is -2.33. The Morgan fingerprint density at radius 1 is 1.18 bits per heavy atom. The fraction of sp³-hybridized carbons (Fsp3) is 0.150. The number of aromatic nitrogens is 2. The minimum absolute atomic E-state index is 0.199. The highest BCUT2D eigenvalue weighted by Crippen LogP contribution is 2.30. The zero-order valence-corrected chi connectivity index (χ0v) is 17.9. The first-order valence-corrected chi connectivity index (χ1v) is 11.2. The quantitative estimate of drug-likeness (QED) is 0.426. The number of thiophene rings is 2. The number of benzene rings is 1. The van der Waals surface area contributed by atoms with E-state index in [0.29, 0.717) is 16.6 Å². The second-order valence-electron chi connectivity index (χ2n) is 6.21. The van der Waals surface area contributed by atoms with Gasteiger partial charge in [0.15, 0.2) is 0 Å².